The van der Waals surface area contributed by atoms with Crippen LogP contribution in [0.5, 0.6) is 0 Å². The molecule has 118 valence electrons. The summed E-state index contributed by atoms with van der Waals surface area (Å²) in [4.78, 5) is 6.09. The predicted octanol–water partition coefficient (Wildman–Crippen LogP) is 3.18. The number of hydrogen-bond donors (Lipinski definition) is 1. The molecular weight excluding hydrogens is 308 g/mol. The summed E-state index contributed by atoms with van der Waals surface area (Å²) in [5, 5.41) is 5.67. The van der Waals surface area contributed by atoms with E-state index in [2.05, 4.69) is 10.3 Å². The van der Waals surface area contributed by atoms with E-state index < -0.39 is 11.6 Å². The number of halogens is 2. The minimum absolute atomic E-state index is 0.155. The first-order valence-corrected chi connectivity index (χ1v) is 7.98. The molecule has 1 aliphatic heterocycles. The van der Waals surface area contributed by atoms with Gasteiger partial charge in [-0.2, -0.15) is 0 Å². The first kappa shape index (κ1) is 15.2. The third-order valence-electron chi connectivity index (χ3n) is 3.48. The zero-order valence-corrected chi connectivity index (χ0v) is 13.1. The molecule has 0 saturated carbocycles. The fourth-order valence-electron chi connectivity index (χ4n) is 2.37. The van der Waals surface area contributed by atoms with Gasteiger partial charge in [0.05, 0.1) is 31.1 Å². The van der Waals surface area contributed by atoms with Crippen LogP contribution in [-0.4, -0.2) is 31.3 Å². The van der Waals surface area contributed by atoms with Gasteiger partial charge >= 0.3 is 0 Å². The first-order valence-electron chi connectivity index (χ1n) is 7.10. The summed E-state index contributed by atoms with van der Waals surface area (Å²) in [6, 6.07) is 2.46. The number of aromatic nitrogens is 1. The maximum Gasteiger partial charge on any atom is 0.148 e. The largest absolute Gasteiger partial charge is 0.378 e. The summed E-state index contributed by atoms with van der Waals surface area (Å²) < 4.78 is 33.7. The van der Waals surface area contributed by atoms with Crippen LogP contribution in [0, 0.1) is 18.6 Å². The second kappa shape index (κ2) is 6.58. The Labute approximate surface area is 131 Å². The van der Waals surface area contributed by atoms with Gasteiger partial charge in [-0.15, -0.1) is 11.3 Å². The summed E-state index contributed by atoms with van der Waals surface area (Å²) in [7, 11) is 0. The van der Waals surface area contributed by atoms with Gasteiger partial charge in [0.1, 0.15) is 16.6 Å². The standard InChI is InChI=1S/C15H17F2N3OS/c1-10-9-22-15(19-10)8-18-13-6-12(17)14(7-11(13)16)20-2-4-21-5-3-20/h6-7,9,18H,2-5,8H2,1H3. The van der Waals surface area contributed by atoms with E-state index in [1.54, 1.807) is 4.90 Å². The van der Waals surface area contributed by atoms with Gasteiger partial charge in [-0.1, -0.05) is 0 Å². The average molecular weight is 325 g/mol. The van der Waals surface area contributed by atoms with Gasteiger partial charge < -0.3 is 15.0 Å². The molecule has 0 spiro atoms. The van der Waals surface area contributed by atoms with Crippen LogP contribution in [0.3, 0.4) is 0 Å². The Morgan fingerprint density at radius 1 is 1.27 bits per heavy atom. The van der Waals surface area contributed by atoms with E-state index in [0.717, 1.165) is 10.7 Å². The molecule has 0 amide bonds. The molecule has 2 aromatic rings. The summed E-state index contributed by atoms with van der Waals surface area (Å²) in [6.45, 7) is 4.49. The summed E-state index contributed by atoms with van der Waals surface area (Å²) in [6.07, 6.45) is 0. The predicted molar refractivity (Wildman–Crippen MR) is 83.6 cm³/mol. The van der Waals surface area contributed by atoms with E-state index in [0.29, 0.717) is 32.8 Å². The molecule has 0 atom stereocenters. The van der Waals surface area contributed by atoms with Crippen LogP contribution in [0.2, 0.25) is 0 Å². The molecule has 1 N–H and O–H groups in total. The van der Waals surface area contributed by atoms with Gasteiger partial charge in [0.15, 0.2) is 0 Å². The quantitative estimate of drug-likeness (QED) is 0.937. The lowest BCUT2D eigenvalue weighted by Gasteiger charge is -2.29. The van der Waals surface area contributed by atoms with Gasteiger partial charge in [0.25, 0.3) is 0 Å². The van der Waals surface area contributed by atoms with Crippen molar-refractivity contribution in [2.45, 2.75) is 13.5 Å². The van der Waals surface area contributed by atoms with Crippen molar-refractivity contribution in [3.63, 3.8) is 0 Å². The van der Waals surface area contributed by atoms with Gasteiger partial charge in [0.2, 0.25) is 0 Å². The zero-order chi connectivity index (χ0) is 15.5. The van der Waals surface area contributed by atoms with Crippen molar-refractivity contribution in [2.24, 2.45) is 0 Å². The number of morpholine rings is 1. The SMILES string of the molecule is Cc1csc(CNc2cc(F)c(N3CCOCC3)cc2F)n1. The van der Waals surface area contributed by atoms with E-state index in [1.807, 2.05) is 12.3 Å². The second-order valence-electron chi connectivity index (χ2n) is 5.12. The highest BCUT2D eigenvalue weighted by Gasteiger charge is 2.18. The molecule has 3 rings (SSSR count). The van der Waals surface area contributed by atoms with Crippen LogP contribution in [0.1, 0.15) is 10.7 Å². The second-order valence-corrected chi connectivity index (χ2v) is 6.06. The fraction of sp³-hybridized carbons (Fsp3) is 0.400. The number of anilines is 2. The number of nitrogens with zero attached hydrogens (tertiary/aromatic N) is 2. The minimum Gasteiger partial charge on any atom is -0.378 e. The smallest absolute Gasteiger partial charge is 0.148 e. The monoisotopic (exact) mass is 325 g/mol. The van der Waals surface area contributed by atoms with Crippen LogP contribution in [0.25, 0.3) is 0 Å². The number of thiazole rings is 1. The summed E-state index contributed by atoms with van der Waals surface area (Å²) in [5.74, 6) is -0.891. The molecule has 7 heteroatoms. The van der Waals surface area contributed by atoms with Crippen molar-refractivity contribution in [3.8, 4) is 0 Å². The van der Waals surface area contributed by atoms with Gasteiger partial charge in [-0.05, 0) is 6.92 Å². The molecule has 2 heterocycles. The van der Waals surface area contributed by atoms with Crippen LogP contribution in [0.15, 0.2) is 17.5 Å². The molecule has 0 radical (unpaired) electrons. The van der Waals surface area contributed by atoms with Crippen molar-refractivity contribution >= 4 is 22.7 Å². The van der Waals surface area contributed by atoms with Crippen LogP contribution >= 0.6 is 11.3 Å². The molecule has 1 aromatic heterocycles. The lowest BCUT2D eigenvalue weighted by Crippen LogP contribution is -2.36. The molecule has 1 aromatic carbocycles. The number of nitrogens with one attached hydrogen (secondary N) is 1. The molecule has 4 nitrogen and oxygen atoms in total. The van der Waals surface area contributed by atoms with E-state index >= 15 is 0 Å². The fourth-order valence-corrected chi connectivity index (χ4v) is 3.08. The van der Waals surface area contributed by atoms with Crippen molar-refractivity contribution < 1.29 is 13.5 Å². The minimum atomic E-state index is -0.462. The number of aryl methyl sites for hydroxylation is 1. The van der Waals surface area contributed by atoms with Crippen molar-refractivity contribution in [1.82, 2.24) is 4.98 Å². The molecule has 1 aliphatic rings. The average Bonchev–Trinajstić information content (AvgIpc) is 2.94. The zero-order valence-electron chi connectivity index (χ0n) is 12.2. The van der Waals surface area contributed by atoms with E-state index in [9.17, 15) is 8.78 Å². The van der Waals surface area contributed by atoms with Crippen molar-refractivity contribution in [1.29, 1.82) is 0 Å². The highest BCUT2D eigenvalue weighted by Crippen LogP contribution is 2.27. The Bertz CT molecular complexity index is 656. The lowest BCUT2D eigenvalue weighted by molar-refractivity contribution is 0.122. The Hall–Kier alpha value is -1.73. The highest BCUT2D eigenvalue weighted by molar-refractivity contribution is 7.09. The normalized spacial score (nSPS) is 15.1. The third-order valence-corrected chi connectivity index (χ3v) is 4.45. The summed E-state index contributed by atoms with van der Waals surface area (Å²) in [5.41, 5.74) is 1.37. The molecule has 1 fully saturated rings. The van der Waals surface area contributed by atoms with Gasteiger partial charge in [-0.25, -0.2) is 13.8 Å². The van der Waals surface area contributed by atoms with Crippen molar-refractivity contribution in [3.05, 3.63) is 39.8 Å². The maximum atomic E-state index is 14.2. The van der Waals surface area contributed by atoms with Crippen LogP contribution in [0.4, 0.5) is 20.2 Å². The number of benzene rings is 1. The Morgan fingerprint density at radius 3 is 2.73 bits per heavy atom. The van der Waals surface area contributed by atoms with Crippen molar-refractivity contribution in [2.75, 3.05) is 36.5 Å². The first-order chi connectivity index (χ1) is 10.6. The van der Waals surface area contributed by atoms with E-state index in [4.69, 9.17) is 4.74 Å². The van der Waals surface area contributed by atoms with Crippen LogP contribution < -0.4 is 10.2 Å². The third kappa shape index (κ3) is 3.36. The van der Waals surface area contributed by atoms with Gasteiger partial charge in [-0.3, -0.25) is 0 Å². The number of ether oxygens (including phenoxy) is 1. The molecular formula is C15H17F2N3OS. The number of hydrogen-bond acceptors (Lipinski definition) is 5. The molecule has 1 saturated heterocycles. The summed E-state index contributed by atoms with van der Waals surface area (Å²) >= 11 is 1.49. The van der Waals surface area contributed by atoms with Gasteiger partial charge in [0, 0.05) is 36.3 Å². The van der Waals surface area contributed by atoms with E-state index in [1.165, 1.54) is 23.5 Å². The Kier molecular flexibility index (Phi) is 4.54. The Balaban J connectivity index is 1.74. The highest BCUT2D eigenvalue weighted by atomic mass is 32.1. The van der Waals surface area contributed by atoms with E-state index in [-0.39, 0.29) is 11.4 Å². The topological polar surface area (TPSA) is 37.4 Å². The molecule has 0 aliphatic carbocycles. The maximum absolute atomic E-state index is 14.2. The molecule has 0 unspecified atom stereocenters. The molecule has 0 bridgehead atoms. The number of rotatable bonds is 4. The van der Waals surface area contributed by atoms with Crippen LogP contribution in [-0.2, 0) is 11.3 Å². The lowest BCUT2D eigenvalue weighted by atomic mass is 10.2. The Morgan fingerprint density at radius 2 is 2.05 bits per heavy atom. The molecule has 22 heavy (non-hydrogen) atoms.